The lowest BCUT2D eigenvalue weighted by Gasteiger charge is -2.31. The third-order valence-corrected chi connectivity index (χ3v) is 6.48. The van der Waals surface area contributed by atoms with Gasteiger partial charge < -0.3 is 15.0 Å². The summed E-state index contributed by atoms with van der Waals surface area (Å²) in [4.78, 5) is 15.5. The molecule has 1 amide bonds. The normalized spacial score (nSPS) is 17.7. The van der Waals surface area contributed by atoms with Crippen molar-refractivity contribution < 1.29 is 18.3 Å². The topological polar surface area (TPSA) is 65.4 Å². The van der Waals surface area contributed by atoms with Crippen LogP contribution in [0.5, 0.6) is 0 Å². The second-order valence-corrected chi connectivity index (χ2v) is 9.14. The first-order valence-electron chi connectivity index (χ1n) is 11.3. The maximum absolute atomic E-state index is 12.9. The van der Waals surface area contributed by atoms with Gasteiger partial charge in [-0.25, -0.2) is 0 Å². The third-order valence-electron chi connectivity index (χ3n) is 5.76. The van der Waals surface area contributed by atoms with E-state index in [1.165, 1.54) is 17.7 Å². The summed E-state index contributed by atoms with van der Waals surface area (Å²) >= 11 is 0.438. The van der Waals surface area contributed by atoms with Gasteiger partial charge in [-0.2, -0.15) is 14.0 Å². The van der Waals surface area contributed by atoms with E-state index in [4.69, 9.17) is 4.74 Å². The molecular formula is C27H25F2N3O2S. The second-order valence-electron chi connectivity index (χ2n) is 8.08. The first-order valence-corrected chi connectivity index (χ1v) is 12.2. The maximum atomic E-state index is 12.9. The zero-order valence-electron chi connectivity index (χ0n) is 19.0. The van der Waals surface area contributed by atoms with E-state index in [0.29, 0.717) is 35.6 Å². The molecule has 1 N–H and O–H groups in total. The number of amides is 1. The molecule has 0 spiro atoms. The summed E-state index contributed by atoms with van der Waals surface area (Å²) in [5.74, 6) is -3.04. The minimum atomic E-state index is -2.51. The summed E-state index contributed by atoms with van der Waals surface area (Å²) < 4.78 is 30.6. The molecule has 1 aliphatic carbocycles. The van der Waals surface area contributed by atoms with Crippen LogP contribution in [0.25, 0.3) is 6.08 Å². The molecule has 1 fully saturated rings. The van der Waals surface area contributed by atoms with Crippen molar-refractivity contribution in [2.75, 3.05) is 31.6 Å². The molecule has 1 saturated heterocycles. The average Bonchev–Trinajstić information content (AvgIpc) is 3.26. The number of anilines is 1. The molecule has 2 aromatic rings. The lowest BCUT2D eigenvalue weighted by molar-refractivity contribution is -0.112. The number of allylic oxidation sites excluding steroid dienone is 3. The van der Waals surface area contributed by atoms with Gasteiger partial charge in [0.2, 0.25) is 0 Å². The highest BCUT2D eigenvalue weighted by molar-refractivity contribution is 7.99. The van der Waals surface area contributed by atoms with E-state index in [9.17, 15) is 18.8 Å². The number of alkyl halides is 2. The zero-order chi connectivity index (χ0) is 24.6. The van der Waals surface area contributed by atoms with Crippen LogP contribution in [0, 0.1) is 11.3 Å². The highest BCUT2D eigenvalue weighted by Crippen LogP contribution is 2.37. The minimum absolute atomic E-state index is 0.00208. The van der Waals surface area contributed by atoms with E-state index >= 15 is 0 Å². The Morgan fingerprint density at radius 2 is 1.80 bits per heavy atom. The van der Waals surface area contributed by atoms with Crippen LogP contribution in [0.2, 0.25) is 0 Å². The number of carbonyl (C=O) groups is 1. The fourth-order valence-corrected chi connectivity index (χ4v) is 4.68. The Balaban J connectivity index is 1.60. The lowest BCUT2D eigenvalue weighted by Crippen LogP contribution is -2.36. The van der Waals surface area contributed by atoms with Crippen LogP contribution in [-0.2, 0) is 9.53 Å². The van der Waals surface area contributed by atoms with E-state index in [1.54, 1.807) is 18.2 Å². The van der Waals surface area contributed by atoms with Gasteiger partial charge in [0, 0.05) is 29.4 Å². The number of thioether (sulfide) groups is 1. The predicted octanol–water partition coefficient (Wildman–Crippen LogP) is 5.85. The van der Waals surface area contributed by atoms with E-state index in [-0.39, 0.29) is 5.57 Å². The smallest absolute Gasteiger partial charge is 0.288 e. The molecule has 1 heterocycles. The number of nitriles is 1. The molecule has 5 nitrogen and oxygen atoms in total. The Bertz CT molecular complexity index is 1180. The van der Waals surface area contributed by atoms with E-state index < -0.39 is 11.7 Å². The molecule has 0 unspecified atom stereocenters. The largest absolute Gasteiger partial charge is 0.378 e. The summed E-state index contributed by atoms with van der Waals surface area (Å²) in [6.07, 6.45) is 5.38. The molecule has 0 radical (unpaired) electrons. The second kappa shape index (κ2) is 11.8. The Labute approximate surface area is 207 Å². The molecule has 4 rings (SSSR count). The molecule has 0 aromatic heterocycles. The van der Waals surface area contributed by atoms with Crippen molar-refractivity contribution in [3.63, 3.8) is 0 Å². The van der Waals surface area contributed by atoms with Crippen LogP contribution in [0.15, 0.2) is 88.0 Å². The van der Waals surface area contributed by atoms with Gasteiger partial charge in [0.1, 0.15) is 11.6 Å². The average molecular weight is 494 g/mol. The van der Waals surface area contributed by atoms with Gasteiger partial charge in [-0.1, -0.05) is 42.1 Å². The number of ether oxygens (including phenoxy) is 1. The predicted molar refractivity (Wildman–Crippen MR) is 134 cm³/mol. The van der Waals surface area contributed by atoms with Crippen molar-refractivity contribution >= 4 is 29.4 Å². The van der Waals surface area contributed by atoms with Gasteiger partial charge in [-0.05, 0) is 66.0 Å². The summed E-state index contributed by atoms with van der Waals surface area (Å²) in [6.45, 7) is 2.75. The molecule has 0 bridgehead atoms. The summed E-state index contributed by atoms with van der Waals surface area (Å²) in [5.41, 5.74) is 4.72. The highest BCUT2D eigenvalue weighted by Gasteiger charge is 2.26. The van der Waals surface area contributed by atoms with Crippen molar-refractivity contribution in [3.05, 3.63) is 88.7 Å². The third kappa shape index (κ3) is 6.59. The number of hydrogen-bond acceptors (Lipinski definition) is 5. The maximum Gasteiger partial charge on any atom is 0.288 e. The van der Waals surface area contributed by atoms with Gasteiger partial charge in [0.15, 0.2) is 0 Å². The molecule has 35 heavy (non-hydrogen) atoms. The number of nitrogens with one attached hydrogen (secondary N) is 1. The molecule has 0 saturated carbocycles. The molecular weight excluding hydrogens is 468 g/mol. The molecule has 2 aromatic carbocycles. The Morgan fingerprint density at radius 1 is 1.09 bits per heavy atom. The van der Waals surface area contributed by atoms with Crippen molar-refractivity contribution in [2.24, 2.45) is 0 Å². The molecule has 2 aliphatic rings. The van der Waals surface area contributed by atoms with E-state index in [1.807, 2.05) is 24.3 Å². The summed E-state index contributed by atoms with van der Waals surface area (Å²) in [7, 11) is 0. The number of hydrogen-bond donors (Lipinski definition) is 1. The zero-order valence-corrected chi connectivity index (χ0v) is 19.9. The Morgan fingerprint density at radius 3 is 2.46 bits per heavy atom. The summed E-state index contributed by atoms with van der Waals surface area (Å²) in [6, 6.07) is 18.2. The van der Waals surface area contributed by atoms with Crippen molar-refractivity contribution in [3.8, 4) is 6.07 Å². The van der Waals surface area contributed by atoms with Gasteiger partial charge in [0.25, 0.3) is 11.7 Å². The van der Waals surface area contributed by atoms with Crippen LogP contribution in [0.4, 0.5) is 14.5 Å². The number of halogens is 2. The first kappa shape index (κ1) is 24.7. The lowest BCUT2D eigenvalue weighted by atomic mass is 10.1. The van der Waals surface area contributed by atoms with Crippen molar-refractivity contribution in [1.29, 1.82) is 5.26 Å². The fourth-order valence-electron chi connectivity index (χ4n) is 4.18. The standard InChI is InChI=1S/C27H25F2N3O2S/c28-27(29)35-24-10-8-23(9-11-24)31-26(33)22(18-30)17-21-7-6-20(16-19-4-2-1-3-5-19)25(21)32-12-14-34-15-13-32/h1-5,8-11,16-17,27H,6-7,12-15H2,(H,31,33)/b20-16+,22-17-. The van der Waals surface area contributed by atoms with Crippen LogP contribution in [-0.4, -0.2) is 42.9 Å². The SMILES string of the molecule is N#C/C(=C/C1=C(N2CCOCC2)C(=C/c2ccccc2)/CC1)C(=O)Nc1ccc(SC(F)F)cc1. The number of nitrogens with zero attached hydrogens (tertiary/aromatic N) is 2. The quantitative estimate of drug-likeness (QED) is 0.298. The van der Waals surface area contributed by atoms with Gasteiger partial charge in [-0.3, -0.25) is 4.79 Å². The molecule has 1 aliphatic heterocycles. The Hall–Kier alpha value is -3.41. The monoisotopic (exact) mass is 493 g/mol. The van der Waals surface area contributed by atoms with E-state index in [2.05, 4.69) is 28.4 Å². The fraction of sp³-hybridized carbons (Fsp3) is 0.259. The minimum Gasteiger partial charge on any atom is -0.378 e. The summed E-state index contributed by atoms with van der Waals surface area (Å²) in [5, 5.41) is 12.4. The molecule has 0 atom stereocenters. The Kier molecular flexibility index (Phi) is 8.35. The van der Waals surface area contributed by atoms with Crippen LogP contribution in [0.3, 0.4) is 0 Å². The van der Waals surface area contributed by atoms with Crippen molar-refractivity contribution in [2.45, 2.75) is 23.5 Å². The highest BCUT2D eigenvalue weighted by atomic mass is 32.2. The van der Waals surface area contributed by atoms with Gasteiger partial charge in [-0.15, -0.1) is 0 Å². The van der Waals surface area contributed by atoms with Gasteiger partial charge >= 0.3 is 0 Å². The van der Waals surface area contributed by atoms with Gasteiger partial charge in [0.05, 0.1) is 13.2 Å². The van der Waals surface area contributed by atoms with Crippen molar-refractivity contribution in [1.82, 2.24) is 4.90 Å². The van der Waals surface area contributed by atoms with Crippen LogP contribution < -0.4 is 5.32 Å². The van der Waals surface area contributed by atoms with Crippen LogP contribution >= 0.6 is 11.8 Å². The number of rotatable bonds is 7. The molecule has 180 valence electrons. The van der Waals surface area contributed by atoms with Crippen LogP contribution in [0.1, 0.15) is 18.4 Å². The molecule has 8 heteroatoms. The van der Waals surface area contributed by atoms with E-state index in [0.717, 1.165) is 42.8 Å². The number of carbonyl (C=O) groups excluding carboxylic acids is 1. The number of benzene rings is 2. The number of morpholine rings is 1. The first-order chi connectivity index (χ1) is 17.0.